The van der Waals surface area contributed by atoms with Crippen LogP contribution < -0.4 is 21.7 Å². The number of benzene rings is 1. The van der Waals surface area contributed by atoms with E-state index >= 15 is 0 Å². The number of ether oxygens (including phenoxy) is 2. The number of alkyl carbamates (subject to hydrolysis) is 1. The first-order valence-electron chi connectivity index (χ1n) is 16.9. The number of amides is 5. The molecule has 0 aliphatic carbocycles. The minimum atomic E-state index is -1.13. The number of imide groups is 1. The number of nitrogens with two attached hydrogens (primary N) is 1. The third-order valence-electron chi connectivity index (χ3n) is 7.26. The van der Waals surface area contributed by atoms with Crippen LogP contribution in [0.5, 0.6) is 0 Å². The van der Waals surface area contributed by atoms with Crippen LogP contribution in [-0.2, 0) is 30.3 Å². The van der Waals surface area contributed by atoms with Gasteiger partial charge in [-0.3, -0.25) is 14.4 Å². The predicted molar refractivity (Wildman–Crippen MR) is 182 cm³/mol. The Kier molecular flexibility index (Phi) is 18.7. The van der Waals surface area contributed by atoms with Crippen molar-refractivity contribution >= 4 is 29.9 Å². The SMILES string of the molecule is CCCCOC(=O)N[C@@H](Cc1ccccc1)C(=O)NC[C@@H](NC(=O)[C@H](CC(C)C)N(C(=O)CCCCN)C(=O)OC(C)(C)C)C(C)C. The zero-order chi connectivity index (χ0) is 35.6. The maximum Gasteiger partial charge on any atom is 0.417 e. The van der Waals surface area contributed by atoms with Gasteiger partial charge in [-0.15, -0.1) is 0 Å². The minimum Gasteiger partial charge on any atom is -0.450 e. The Bertz CT molecular complexity index is 1120. The highest BCUT2D eigenvalue weighted by Crippen LogP contribution is 2.20. The monoisotopic (exact) mass is 661 g/mol. The maximum absolute atomic E-state index is 13.9. The van der Waals surface area contributed by atoms with Gasteiger partial charge in [0.25, 0.3) is 0 Å². The molecule has 0 unspecified atom stereocenters. The molecule has 0 saturated heterocycles. The zero-order valence-electron chi connectivity index (χ0n) is 29.7. The molecule has 1 aromatic carbocycles. The Morgan fingerprint density at radius 3 is 2.13 bits per heavy atom. The van der Waals surface area contributed by atoms with Crippen molar-refractivity contribution in [3.05, 3.63) is 35.9 Å². The van der Waals surface area contributed by atoms with Crippen LogP contribution in [0.3, 0.4) is 0 Å². The lowest BCUT2D eigenvalue weighted by atomic mass is 9.98. The van der Waals surface area contributed by atoms with Crippen LogP contribution >= 0.6 is 0 Å². The molecule has 0 heterocycles. The van der Waals surface area contributed by atoms with E-state index < -0.39 is 53.6 Å². The molecule has 12 nitrogen and oxygen atoms in total. The molecule has 0 aromatic heterocycles. The Morgan fingerprint density at radius 1 is 0.915 bits per heavy atom. The van der Waals surface area contributed by atoms with E-state index in [0.29, 0.717) is 25.8 Å². The fourth-order valence-electron chi connectivity index (χ4n) is 4.65. The lowest BCUT2D eigenvalue weighted by Gasteiger charge is -2.34. The number of carbonyl (C=O) groups is 5. The van der Waals surface area contributed by atoms with Crippen molar-refractivity contribution in [2.45, 2.75) is 124 Å². The van der Waals surface area contributed by atoms with Crippen LogP contribution in [0, 0.1) is 11.8 Å². The average molecular weight is 662 g/mol. The number of rotatable bonds is 19. The Labute approximate surface area is 281 Å². The Hall–Kier alpha value is -3.67. The second-order valence-corrected chi connectivity index (χ2v) is 13.6. The molecule has 0 fully saturated rings. The third kappa shape index (κ3) is 16.6. The molecular formula is C35H59N5O7. The molecule has 0 saturated carbocycles. The maximum atomic E-state index is 13.9. The number of unbranched alkanes of at least 4 members (excludes halogenated alkanes) is 2. The molecule has 5 amide bonds. The van der Waals surface area contributed by atoms with E-state index in [1.807, 2.05) is 65.0 Å². The van der Waals surface area contributed by atoms with Crippen LogP contribution in [0.2, 0.25) is 0 Å². The van der Waals surface area contributed by atoms with E-state index in [4.69, 9.17) is 15.2 Å². The van der Waals surface area contributed by atoms with Gasteiger partial charge in [0.15, 0.2) is 0 Å². The number of nitrogens with zero attached hydrogens (tertiary/aromatic N) is 1. The number of carbonyl (C=O) groups excluding carboxylic acids is 5. The van der Waals surface area contributed by atoms with E-state index in [2.05, 4.69) is 16.0 Å². The van der Waals surface area contributed by atoms with E-state index in [9.17, 15) is 24.0 Å². The van der Waals surface area contributed by atoms with Crippen molar-refractivity contribution in [1.82, 2.24) is 20.9 Å². The van der Waals surface area contributed by atoms with Gasteiger partial charge >= 0.3 is 12.2 Å². The molecule has 5 N–H and O–H groups in total. The standard InChI is InChI=1S/C35H59N5O7/c1-9-10-20-46-33(44)39-27(22-26-16-12-11-13-17-26)31(42)37-23-28(25(4)5)38-32(43)29(21-24(2)3)40(30(41)18-14-15-19-36)34(45)47-35(6,7)8/h11-13,16-17,24-25,27-29H,9-10,14-15,18-23,36H2,1-8H3,(H,37,42)(H,38,43)(H,39,44)/t27-,28+,29-/m0/s1. The average Bonchev–Trinajstić information content (AvgIpc) is 2.97. The van der Waals surface area contributed by atoms with Gasteiger partial charge in [0.2, 0.25) is 17.7 Å². The normalized spacial score (nSPS) is 13.3. The van der Waals surface area contributed by atoms with Gasteiger partial charge in [-0.1, -0.05) is 71.4 Å². The molecule has 1 aromatic rings. The largest absolute Gasteiger partial charge is 0.450 e. The molecule has 3 atom stereocenters. The summed E-state index contributed by atoms with van der Waals surface area (Å²) in [6.45, 7) is 15.4. The van der Waals surface area contributed by atoms with Gasteiger partial charge in [0.05, 0.1) is 6.61 Å². The van der Waals surface area contributed by atoms with Crippen molar-refractivity contribution < 1.29 is 33.4 Å². The molecule has 266 valence electrons. The van der Waals surface area contributed by atoms with Crippen molar-refractivity contribution in [3.63, 3.8) is 0 Å². The minimum absolute atomic E-state index is 0.0355. The van der Waals surface area contributed by atoms with Gasteiger partial charge in [-0.2, -0.15) is 0 Å². The smallest absolute Gasteiger partial charge is 0.417 e. The van der Waals surface area contributed by atoms with Crippen LogP contribution in [0.15, 0.2) is 30.3 Å². The zero-order valence-corrected chi connectivity index (χ0v) is 29.7. The topological polar surface area (TPSA) is 169 Å². The summed E-state index contributed by atoms with van der Waals surface area (Å²) in [7, 11) is 0. The fourth-order valence-corrected chi connectivity index (χ4v) is 4.65. The molecule has 1 rings (SSSR count). The van der Waals surface area contributed by atoms with E-state index in [1.165, 1.54) is 0 Å². The van der Waals surface area contributed by atoms with Gasteiger partial charge in [0, 0.05) is 25.4 Å². The van der Waals surface area contributed by atoms with Crippen molar-refractivity contribution in [3.8, 4) is 0 Å². The van der Waals surface area contributed by atoms with E-state index in [1.54, 1.807) is 20.8 Å². The highest BCUT2D eigenvalue weighted by molar-refractivity contribution is 5.98. The van der Waals surface area contributed by atoms with E-state index in [-0.39, 0.29) is 44.2 Å². The predicted octanol–water partition coefficient (Wildman–Crippen LogP) is 4.69. The summed E-state index contributed by atoms with van der Waals surface area (Å²) >= 11 is 0. The fraction of sp³-hybridized carbons (Fsp3) is 0.686. The lowest BCUT2D eigenvalue weighted by molar-refractivity contribution is -0.140. The molecule has 12 heteroatoms. The lowest BCUT2D eigenvalue weighted by Crippen LogP contribution is -2.58. The van der Waals surface area contributed by atoms with Crippen LogP contribution in [0.4, 0.5) is 9.59 Å². The van der Waals surface area contributed by atoms with E-state index in [0.717, 1.165) is 16.9 Å². The first-order valence-corrected chi connectivity index (χ1v) is 16.9. The van der Waals surface area contributed by atoms with Crippen LogP contribution in [0.25, 0.3) is 0 Å². The highest BCUT2D eigenvalue weighted by atomic mass is 16.6. The summed E-state index contributed by atoms with van der Waals surface area (Å²) in [5, 5.41) is 8.52. The number of hydrogen-bond donors (Lipinski definition) is 4. The molecule has 47 heavy (non-hydrogen) atoms. The summed E-state index contributed by atoms with van der Waals surface area (Å²) in [5.41, 5.74) is 5.57. The van der Waals surface area contributed by atoms with Gasteiger partial charge in [-0.05, 0) is 70.4 Å². The summed E-state index contributed by atoms with van der Waals surface area (Å²) in [4.78, 5) is 67.5. The summed E-state index contributed by atoms with van der Waals surface area (Å²) in [6, 6.07) is 6.70. The van der Waals surface area contributed by atoms with Crippen molar-refractivity contribution in [2.24, 2.45) is 17.6 Å². The summed E-state index contributed by atoms with van der Waals surface area (Å²) in [5.74, 6) is -1.64. The first-order chi connectivity index (χ1) is 22.1. The van der Waals surface area contributed by atoms with Crippen LogP contribution in [0.1, 0.15) is 99.5 Å². The van der Waals surface area contributed by atoms with Crippen molar-refractivity contribution in [2.75, 3.05) is 19.7 Å². The van der Waals surface area contributed by atoms with Crippen LogP contribution in [-0.4, -0.2) is 78.2 Å². The van der Waals surface area contributed by atoms with Gasteiger partial charge in [-0.25, -0.2) is 14.5 Å². The van der Waals surface area contributed by atoms with Crippen molar-refractivity contribution in [1.29, 1.82) is 0 Å². The summed E-state index contributed by atoms with van der Waals surface area (Å²) < 4.78 is 10.8. The number of nitrogens with one attached hydrogen (secondary N) is 3. The molecule has 0 radical (unpaired) electrons. The molecule has 0 aliphatic heterocycles. The van der Waals surface area contributed by atoms with Gasteiger partial charge < -0.3 is 31.2 Å². The quantitative estimate of drug-likeness (QED) is 0.155. The molecule has 0 spiro atoms. The van der Waals surface area contributed by atoms with Gasteiger partial charge in [0.1, 0.15) is 17.7 Å². The summed E-state index contributed by atoms with van der Waals surface area (Å²) in [6.07, 6.45) is 1.57. The Morgan fingerprint density at radius 2 is 1.57 bits per heavy atom. The second-order valence-electron chi connectivity index (χ2n) is 13.6. The second kappa shape index (κ2) is 21.3. The highest BCUT2D eigenvalue weighted by Gasteiger charge is 2.38. The molecule has 0 bridgehead atoms. The number of hydrogen-bond acceptors (Lipinski definition) is 8. The molecule has 0 aliphatic rings. The Balaban J connectivity index is 3.20. The first kappa shape index (κ1) is 41.4. The third-order valence-corrected chi connectivity index (χ3v) is 7.26. The molecular weight excluding hydrogens is 602 g/mol.